The monoisotopic (exact) mass is 253 g/mol. The number of rotatable bonds is 6. The van der Waals surface area contributed by atoms with Gasteiger partial charge in [0, 0.05) is 12.8 Å². The van der Waals surface area contributed by atoms with Crippen molar-refractivity contribution in [1.29, 1.82) is 0 Å². The molecule has 0 aromatic heterocycles. The molecule has 0 spiro atoms. The van der Waals surface area contributed by atoms with Crippen LogP contribution in [0.2, 0.25) is 0 Å². The molecule has 0 bridgehead atoms. The molecule has 0 fully saturated rings. The molecule has 98 valence electrons. The van der Waals surface area contributed by atoms with E-state index in [4.69, 9.17) is 9.84 Å². The third kappa shape index (κ3) is 5.86. The summed E-state index contributed by atoms with van der Waals surface area (Å²) in [5.41, 5.74) is 0.827. The first-order valence-electron chi connectivity index (χ1n) is 5.45. The first kappa shape index (κ1) is 14.0. The number of hydrogen-bond acceptors (Lipinski definition) is 4. The zero-order valence-corrected chi connectivity index (χ0v) is 9.70. The van der Waals surface area contributed by atoms with E-state index in [1.165, 1.54) is 0 Å². The first-order chi connectivity index (χ1) is 8.58. The number of carboxylic acids is 1. The van der Waals surface area contributed by atoms with Gasteiger partial charge in [0.2, 0.25) is 0 Å². The third-order valence-electron chi connectivity index (χ3n) is 2.13. The van der Waals surface area contributed by atoms with Crippen LogP contribution in [-0.4, -0.2) is 28.5 Å². The van der Waals surface area contributed by atoms with Gasteiger partial charge in [0.1, 0.15) is 12.8 Å². The Kier molecular flexibility index (Phi) is 5.66. The van der Waals surface area contributed by atoms with Crippen LogP contribution in [0.25, 0.3) is 0 Å². The van der Waals surface area contributed by atoms with Crippen LogP contribution < -0.4 is 5.32 Å². The van der Waals surface area contributed by atoms with E-state index >= 15 is 0 Å². The van der Waals surface area contributed by atoms with Crippen LogP contribution >= 0.6 is 0 Å². The van der Waals surface area contributed by atoms with Gasteiger partial charge >= 0.3 is 12.1 Å². The van der Waals surface area contributed by atoms with Crippen LogP contribution in [0.4, 0.5) is 4.79 Å². The zero-order chi connectivity index (χ0) is 13.4. The standard InChI is InChI=1S/C12H15NO5/c14-10(6-7-11(15)16)13-12(17)18-8-9-4-2-1-3-5-9/h1-5,10,14H,6-8H2,(H,13,17)(H,15,16). The average molecular weight is 253 g/mol. The Hall–Kier alpha value is -2.08. The summed E-state index contributed by atoms with van der Waals surface area (Å²) in [7, 11) is 0. The van der Waals surface area contributed by atoms with Gasteiger partial charge in [-0.2, -0.15) is 0 Å². The minimum atomic E-state index is -1.22. The molecule has 1 aromatic rings. The van der Waals surface area contributed by atoms with Gasteiger partial charge in [-0.1, -0.05) is 30.3 Å². The first-order valence-corrected chi connectivity index (χ1v) is 5.45. The van der Waals surface area contributed by atoms with Crippen molar-refractivity contribution in [2.45, 2.75) is 25.7 Å². The number of alkyl carbamates (subject to hydrolysis) is 1. The minimum absolute atomic E-state index is 0.0598. The van der Waals surface area contributed by atoms with E-state index in [1.54, 1.807) is 12.1 Å². The summed E-state index contributed by atoms with van der Waals surface area (Å²) in [6.45, 7) is 0.0956. The highest BCUT2D eigenvalue weighted by Gasteiger charge is 2.11. The molecule has 6 nitrogen and oxygen atoms in total. The lowest BCUT2D eigenvalue weighted by Crippen LogP contribution is -2.35. The number of aliphatic hydroxyl groups excluding tert-OH is 1. The molecule has 1 aromatic carbocycles. The maximum Gasteiger partial charge on any atom is 0.409 e. The predicted octanol–water partition coefficient (Wildman–Crippen LogP) is 1.10. The number of aliphatic carboxylic acids is 1. The Morgan fingerprint density at radius 3 is 2.56 bits per heavy atom. The number of carboxylic acid groups (broad SMARTS) is 1. The maximum absolute atomic E-state index is 11.2. The Morgan fingerprint density at radius 2 is 1.94 bits per heavy atom. The number of carbonyl (C=O) groups is 2. The number of carbonyl (C=O) groups excluding carboxylic acids is 1. The van der Waals surface area contributed by atoms with Crippen LogP contribution in [0.3, 0.4) is 0 Å². The molecule has 0 heterocycles. The summed E-state index contributed by atoms with van der Waals surface area (Å²) < 4.78 is 4.85. The number of amides is 1. The quantitative estimate of drug-likeness (QED) is 0.660. The number of hydrogen-bond donors (Lipinski definition) is 3. The lowest BCUT2D eigenvalue weighted by atomic mass is 10.2. The minimum Gasteiger partial charge on any atom is -0.481 e. The average Bonchev–Trinajstić information content (AvgIpc) is 2.35. The van der Waals surface area contributed by atoms with Gasteiger partial charge in [0.05, 0.1) is 0 Å². The van der Waals surface area contributed by atoms with Crippen molar-refractivity contribution in [3.63, 3.8) is 0 Å². The molecular formula is C12H15NO5. The zero-order valence-electron chi connectivity index (χ0n) is 9.70. The summed E-state index contributed by atoms with van der Waals surface area (Å²) in [6.07, 6.45) is -2.28. The van der Waals surface area contributed by atoms with E-state index < -0.39 is 18.3 Å². The summed E-state index contributed by atoms with van der Waals surface area (Å²) in [5, 5.41) is 19.8. The molecule has 0 radical (unpaired) electrons. The van der Waals surface area contributed by atoms with Crippen molar-refractivity contribution in [2.24, 2.45) is 0 Å². The van der Waals surface area contributed by atoms with Crippen LogP contribution in [-0.2, 0) is 16.1 Å². The van der Waals surface area contributed by atoms with Gasteiger partial charge in [-0.3, -0.25) is 10.1 Å². The Labute approximate surface area is 104 Å². The van der Waals surface area contributed by atoms with Crippen LogP contribution in [0.15, 0.2) is 30.3 Å². The molecule has 0 saturated heterocycles. The molecule has 0 aliphatic carbocycles. The maximum atomic E-state index is 11.2. The molecule has 0 saturated carbocycles. The van der Waals surface area contributed by atoms with Crippen LogP contribution in [0.5, 0.6) is 0 Å². The van der Waals surface area contributed by atoms with Gasteiger partial charge in [-0.05, 0) is 5.56 Å². The van der Waals surface area contributed by atoms with E-state index in [1.807, 2.05) is 18.2 Å². The second-order valence-electron chi connectivity index (χ2n) is 3.65. The van der Waals surface area contributed by atoms with Crippen molar-refractivity contribution in [3.8, 4) is 0 Å². The van der Waals surface area contributed by atoms with Crippen molar-refractivity contribution in [2.75, 3.05) is 0 Å². The third-order valence-corrected chi connectivity index (χ3v) is 2.13. The van der Waals surface area contributed by atoms with Crippen molar-refractivity contribution >= 4 is 12.1 Å². The highest BCUT2D eigenvalue weighted by molar-refractivity contribution is 5.68. The molecule has 1 amide bonds. The van der Waals surface area contributed by atoms with Gasteiger partial charge in [0.15, 0.2) is 0 Å². The highest BCUT2D eigenvalue weighted by atomic mass is 16.6. The Bertz CT molecular complexity index is 393. The number of nitrogens with one attached hydrogen (secondary N) is 1. The number of ether oxygens (including phenoxy) is 1. The van der Waals surface area contributed by atoms with E-state index in [-0.39, 0.29) is 19.4 Å². The number of aliphatic hydroxyl groups is 1. The van der Waals surface area contributed by atoms with E-state index in [0.29, 0.717) is 0 Å². The van der Waals surface area contributed by atoms with Gasteiger partial charge in [-0.15, -0.1) is 0 Å². The predicted molar refractivity (Wildman–Crippen MR) is 62.6 cm³/mol. The molecule has 1 atom stereocenters. The summed E-state index contributed by atoms with van der Waals surface area (Å²) in [4.78, 5) is 21.5. The fourth-order valence-electron chi connectivity index (χ4n) is 1.23. The smallest absolute Gasteiger partial charge is 0.409 e. The summed E-state index contributed by atoms with van der Waals surface area (Å²) in [6, 6.07) is 9.08. The fraction of sp³-hybridized carbons (Fsp3) is 0.333. The van der Waals surface area contributed by atoms with Gasteiger partial charge in [-0.25, -0.2) is 4.79 Å². The lowest BCUT2D eigenvalue weighted by Gasteiger charge is -2.11. The normalized spacial score (nSPS) is 11.6. The molecular weight excluding hydrogens is 238 g/mol. The van der Waals surface area contributed by atoms with Gasteiger partial charge < -0.3 is 14.9 Å². The molecule has 3 N–H and O–H groups in total. The van der Waals surface area contributed by atoms with Crippen molar-refractivity contribution < 1.29 is 24.5 Å². The molecule has 0 aliphatic heterocycles. The summed E-state index contributed by atoms with van der Waals surface area (Å²) in [5.74, 6) is -1.03. The second kappa shape index (κ2) is 7.29. The van der Waals surface area contributed by atoms with Crippen LogP contribution in [0.1, 0.15) is 18.4 Å². The molecule has 0 aliphatic rings. The van der Waals surface area contributed by atoms with E-state index in [2.05, 4.69) is 5.32 Å². The highest BCUT2D eigenvalue weighted by Crippen LogP contribution is 2.01. The fourth-order valence-corrected chi connectivity index (χ4v) is 1.23. The topological polar surface area (TPSA) is 95.9 Å². The molecule has 6 heteroatoms. The van der Waals surface area contributed by atoms with Gasteiger partial charge in [0.25, 0.3) is 0 Å². The lowest BCUT2D eigenvalue weighted by molar-refractivity contribution is -0.137. The van der Waals surface area contributed by atoms with E-state index in [0.717, 1.165) is 5.56 Å². The molecule has 1 unspecified atom stereocenters. The van der Waals surface area contributed by atoms with E-state index in [9.17, 15) is 14.7 Å². The molecule has 18 heavy (non-hydrogen) atoms. The van der Waals surface area contributed by atoms with Crippen LogP contribution in [0, 0.1) is 0 Å². The largest absolute Gasteiger partial charge is 0.481 e. The SMILES string of the molecule is O=C(O)CCC(O)NC(=O)OCc1ccccc1. The number of benzene rings is 1. The summed E-state index contributed by atoms with van der Waals surface area (Å²) >= 11 is 0. The van der Waals surface area contributed by atoms with Crippen molar-refractivity contribution in [3.05, 3.63) is 35.9 Å². The Balaban J connectivity index is 2.23. The molecule has 1 rings (SSSR count). The van der Waals surface area contributed by atoms with Crippen molar-refractivity contribution in [1.82, 2.24) is 5.32 Å². The second-order valence-corrected chi connectivity index (χ2v) is 3.65. The Morgan fingerprint density at radius 1 is 1.28 bits per heavy atom.